The second-order valence-corrected chi connectivity index (χ2v) is 3.61. The van der Waals surface area contributed by atoms with Crippen molar-refractivity contribution in [1.82, 2.24) is 9.97 Å². The Labute approximate surface area is 102 Å². The maximum atomic E-state index is 11.6. The number of carbonyl (C=O) groups excluding carboxylic acids is 1. The van der Waals surface area contributed by atoms with Crippen LogP contribution in [-0.2, 0) is 4.79 Å². The number of aliphatic hydroxyl groups is 1. The third kappa shape index (κ3) is 2.19. The van der Waals surface area contributed by atoms with Crippen LogP contribution in [0.5, 0.6) is 0 Å². The van der Waals surface area contributed by atoms with Crippen LogP contribution in [0.4, 0.5) is 5.69 Å². The Morgan fingerprint density at radius 3 is 2.94 bits per heavy atom. The summed E-state index contributed by atoms with van der Waals surface area (Å²) in [5, 5.41) is 14.0. The number of aromatic amines is 1. The van der Waals surface area contributed by atoms with Crippen LogP contribution in [0, 0.1) is 4.91 Å². The summed E-state index contributed by atoms with van der Waals surface area (Å²) < 4.78 is 0. The molecule has 18 heavy (non-hydrogen) atoms. The van der Waals surface area contributed by atoms with Gasteiger partial charge in [-0.3, -0.25) is 4.79 Å². The predicted octanol–water partition coefficient (Wildman–Crippen LogP) is 2.06. The first kappa shape index (κ1) is 11.8. The quantitative estimate of drug-likeness (QED) is 0.437. The van der Waals surface area contributed by atoms with E-state index in [2.05, 4.69) is 20.5 Å². The van der Waals surface area contributed by atoms with E-state index in [-0.39, 0.29) is 0 Å². The number of fused-ring (bicyclic) bond motifs is 1. The number of amides is 1. The smallest absolute Gasteiger partial charge is 0.281 e. The maximum Gasteiger partial charge on any atom is 0.281 e. The van der Waals surface area contributed by atoms with Gasteiger partial charge in [-0.2, -0.15) is 0 Å². The Bertz CT molecular complexity index is 641. The number of nitrogens with one attached hydrogen (secondary N) is 2. The molecule has 1 aromatic heterocycles. The van der Waals surface area contributed by atoms with Crippen molar-refractivity contribution in [3.8, 4) is 0 Å². The van der Waals surface area contributed by atoms with Crippen LogP contribution in [0.3, 0.4) is 0 Å². The summed E-state index contributed by atoms with van der Waals surface area (Å²) in [4.78, 5) is 28.9. The highest BCUT2D eigenvalue weighted by Crippen LogP contribution is 2.16. The number of imidazole rings is 1. The number of aromatic nitrogens is 2. The predicted molar refractivity (Wildman–Crippen MR) is 65.8 cm³/mol. The monoisotopic (exact) mass is 246 g/mol. The third-order valence-corrected chi connectivity index (χ3v) is 2.33. The molecule has 0 fully saturated rings. The summed E-state index contributed by atoms with van der Waals surface area (Å²) in [6.45, 7) is 1.22. The molecule has 7 heteroatoms. The van der Waals surface area contributed by atoms with E-state index in [1.807, 2.05) is 0 Å². The molecule has 0 spiro atoms. The fraction of sp³-hybridized carbons (Fsp3) is 0.0909. The van der Waals surface area contributed by atoms with Crippen molar-refractivity contribution in [2.75, 3.05) is 5.32 Å². The van der Waals surface area contributed by atoms with Crippen LogP contribution in [-0.4, -0.2) is 21.0 Å². The van der Waals surface area contributed by atoms with Crippen molar-refractivity contribution < 1.29 is 9.90 Å². The Morgan fingerprint density at radius 1 is 1.50 bits per heavy atom. The zero-order chi connectivity index (χ0) is 13.1. The van der Waals surface area contributed by atoms with Crippen molar-refractivity contribution in [2.24, 2.45) is 5.18 Å². The lowest BCUT2D eigenvalue weighted by atomic mass is 10.2. The molecular formula is C11H10N4O3. The largest absolute Gasteiger partial charge is 0.510 e. The number of anilines is 1. The van der Waals surface area contributed by atoms with Gasteiger partial charge in [0.2, 0.25) is 5.70 Å². The second kappa shape index (κ2) is 4.66. The SMILES string of the molecule is CC(O)=C(N=O)C(=O)Nc1ccc2nc[nH]c2c1. The minimum atomic E-state index is -0.760. The summed E-state index contributed by atoms with van der Waals surface area (Å²) >= 11 is 0. The molecule has 0 radical (unpaired) electrons. The van der Waals surface area contributed by atoms with Gasteiger partial charge >= 0.3 is 0 Å². The molecule has 0 aliphatic rings. The number of hydrogen-bond acceptors (Lipinski definition) is 5. The van der Waals surface area contributed by atoms with Crippen LogP contribution in [0.2, 0.25) is 0 Å². The van der Waals surface area contributed by atoms with E-state index in [1.165, 1.54) is 13.3 Å². The maximum absolute atomic E-state index is 11.6. The summed E-state index contributed by atoms with van der Waals surface area (Å²) in [7, 11) is 0. The van der Waals surface area contributed by atoms with E-state index < -0.39 is 17.4 Å². The fourth-order valence-electron chi connectivity index (χ4n) is 1.48. The number of carbonyl (C=O) groups is 1. The van der Waals surface area contributed by atoms with Gasteiger partial charge in [0.1, 0.15) is 5.76 Å². The summed E-state index contributed by atoms with van der Waals surface area (Å²) in [5.41, 5.74) is 1.44. The number of hydrogen-bond donors (Lipinski definition) is 3. The standard InChI is InChI=1S/C11H10N4O3/c1-6(16)10(15-18)11(17)14-7-2-3-8-9(4-7)13-5-12-8/h2-5,16H,1H3,(H,12,13)(H,14,17). The Kier molecular flexibility index (Phi) is 3.05. The molecule has 0 aliphatic carbocycles. The topological polar surface area (TPSA) is 107 Å². The first-order valence-electron chi connectivity index (χ1n) is 5.09. The molecule has 0 unspecified atom stereocenters. The molecule has 7 nitrogen and oxygen atoms in total. The first-order chi connectivity index (χ1) is 8.61. The molecule has 0 aliphatic heterocycles. The number of rotatable bonds is 3. The molecule has 1 amide bonds. The zero-order valence-electron chi connectivity index (χ0n) is 9.47. The van der Waals surface area contributed by atoms with Gasteiger partial charge in [0.15, 0.2) is 0 Å². The second-order valence-electron chi connectivity index (χ2n) is 3.61. The highest BCUT2D eigenvalue weighted by molar-refractivity contribution is 6.04. The van der Waals surface area contributed by atoms with Crippen molar-refractivity contribution in [3.63, 3.8) is 0 Å². The van der Waals surface area contributed by atoms with E-state index in [1.54, 1.807) is 18.2 Å². The van der Waals surface area contributed by atoms with E-state index in [4.69, 9.17) is 5.11 Å². The van der Waals surface area contributed by atoms with E-state index >= 15 is 0 Å². The Balaban J connectivity index is 2.26. The van der Waals surface area contributed by atoms with E-state index in [0.717, 1.165) is 11.0 Å². The first-order valence-corrected chi connectivity index (χ1v) is 5.09. The van der Waals surface area contributed by atoms with Crippen LogP contribution in [0.25, 0.3) is 11.0 Å². The normalized spacial score (nSPS) is 12.1. The summed E-state index contributed by atoms with van der Waals surface area (Å²) in [5.74, 6) is -1.19. The summed E-state index contributed by atoms with van der Waals surface area (Å²) in [6.07, 6.45) is 1.53. The molecule has 1 aromatic carbocycles. The fourth-order valence-corrected chi connectivity index (χ4v) is 1.48. The Morgan fingerprint density at radius 2 is 2.28 bits per heavy atom. The lowest BCUT2D eigenvalue weighted by Crippen LogP contribution is -2.14. The van der Waals surface area contributed by atoms with Gasteiger partial charge in [-0.25, -0.2) is 4.98 Å². The van der Waals surface area contributed by atoms with Gasteiger partial charge in [-0.1, -0.05) is 0 Å². The number of allylic oxidation sites excluding steroid dienone is 1. The molecule has 0 saturated heterocycles. The Hall–Kier alpha value is -2.70. The third-order valence-electron chi connectivity index (χ3n) is 2.33. The molecular weight excluding hydrogens is 236 g/mol. The minimum Gasteiger partial charge on any atom is -0.510 e. The number of nitroso groups, excluding NO2 is 1. The van der Waals surface area contributed by atoms with Gasteiger partial charge in [0.25, 0.3) is 5.91 Å². The average Bonchev–Trinajstić information content (AvgIpc) is 2.76. The molecule has 0 saturated carbocycles. The lowest BCUT2D eigenvalue weighted by Gasteiger charge is -2.04. The molecule has 2 aromatic rings. The van der Waals surface area contributed by atoms with Crippen molar-refractivity contribution in [1.29, 1.82) is 0 Å². The van der Waals surface area contributed by atoms with Gasteiger partial charge in [-0.15, -0.1) is 4.91 Å². The molecule has 92 valence electrons. The van der Waals surface area contributed by atoms with E-state index in [9.17, 15) is 9.70 Å². The van der Waals surface area contributed by atoms with Gasteiger partial charge in [0, 0.05) is 5.69 Å². The van der Waals surface area contributed by atoms with Crippen LogP contribution < -0.4 is 5.32 Å². The number of aliphatic hydroxyl groups excluding tert-OH is 1. The minimum absolute atomic E-state index is 0.426. The number of benzene rings is 1. The van der Waals surface area contributed by atoms with Gasteiger partial charge < -0.3 is 15.4 Å². The van der Waals surface area contributed by atoms with Crippen LogP contribution in [0.15, 0.2) is 41.2 Å². The zero-order valence-corrected chi connectivity index (χ0v) is 9.47. The average molecular weight is 246 g/mol. The number of nitrogens with zero attached hydrogens (tertiary/aromatic N) is 2. The van der Waals surface area contributed by atoms with E-state index in [0.29, 0.717) is 5.69 Å². The molecule has 0 bridgehead atoms. The van der Waals surface area contributed by atoms with Crippen molar-refractivity contribution in [2.45, 2.75) is 6.92 Å². The molecule has 3 N–H and O–H groups in total. The van der Waals surface area contributed by atoms with Gasteiger partial charge in [-0.05, 0) is 30.3 Å². The molecule has 2 rings (SSSR count). The highest BCUT2D eigenvalue weighted by Gasteiger charge is 2.14. The summed E-state index contributed by atoms with van der Waals surface area (Å²) in [6, 6.07) is 5.01. The van der Waals surface area contributed by atoms with Gasteiger partial charge in [0.05, 0.1) is 17.4 Å². The highest BCUT2D eigenvalue weighted by atomic mass is 16.3. The van der Waals surface area contributed by atoms with Crippen molar-refractivity contribution >= 4 is 22.6 Å². The lowest BCUT2D eigenvalue weighted by molar-refractivity contribution is -0.113. The number of H-pyrrole nitrogens is 1. The van der Waals surface area contributed by atoms with Crippen LogP contribution >= 0.6 is 0 Å². The van der Waals surface area contributed by atoms with Crippen LogP contribution in [0.1, 0.15) is 6.92 Å². The molecule has 0 atom stereocenters. The van der Waals surface area contributed by atoms with Crippen molar-refractivity contribution in [3.05, 3.63) is 40.9 Å². The molecule has 1 heterocycles.